The predicted molar refractivity (Wildman–Crippen MR) is 117 cm³/mol. The Balaban J connectivity index is 1.40. The van der Waals surface area contributed by atoms with Gasteiger partial charge in [-0.05, 0) is 35.2 Å². The second kappa shape index (κ2) is 8.03. The molecule has 0 saturated heterocycles. The van der Waals surface area contributed by atoms with E-state index >= 15 is 0 Å². The van der Waals surface area contributed by atoms with Crippen LogP contribution in [0, 0.1) is 0 Å². The molecule has 0 radical (unpaired) electrons. The van der Waals surface area contributed by atoms with Gasteiger partial charge < -0.3 is 9.32 Å². The van der Waals surface area contributed by atoms with Gasteiger partial charge in [-0.15, -0.1) is 10.2 Å². The summed E-state index contributed by atoms with van der Waals surface area (Å²) in [6, 6.07) is 14.4. The van der Waals surface area contributed by atoms with Crippen LogP contribution in [0.1, 0.15) is 52.9 Å². The molecule has 164 valence electrons. The third kappa shape index (κ3) is 4.03. The first-order chi connectivity index (χ1) is 15.1. The fraction of sp³-hybridized carbons (Fsp3) is 0.292. The first-order valence-corrected chi connectivity index (χ1v) is 10.3. The van der Waals surface area contributed by atoms with Crippen LogP contribution in [0.15, 0.2) is 52.9 Å². The number of nitrogens with zero attached hydrogens (tertiary/aromatic N) is 4. The van der Waals surface area contributed by atoms with E-state index in [0.29, 0.717) is 17.0 Å². The van der Waals surface area contributed by atoms with Crippen LogP contribution < -0.4 is 0 Å². The smallest absolute Gasteiger partial charge is 0.262 e. The average Bonchev–Trinajstić information content (AvgIpc) is 3.32. The minimum atomic E-state index is -0.467. The van der Waals surface area contributed by atoms with E-state index in [2.05, 4.69) is 31.0 Å². The molecule has 0 spiro atoms. The molecule has 1 aliphatic heterocycles. The maximum atomic E-state index is 12.6. The van der Waals surface area contributed by atoms with Crippen molar-refractivity contribution in [3.8, 4) is 11.5 Å². The van der Waals surface area contributed by atoms with Gasteiger partial charge >= 0.3 is 0 Å². The number of likely N-dealkylation sites (N-methyl/N-ethyl adjacent to an activating group) is 1. The number of hydrogen-bond acceptors (Lipinski definition) is 6. The quantitative estimate of drug-likeness (QED) is 0.574. The molecule has 3 aromatic rings. The zero-order chi connectivity index (χ0) is 23.0. The van der Waals surface area contributed by atoms with Gasteiger partial charge in [-0.25, -0.2) is 0 Å². The minimum Gasteiger partial charge on any atom is -0.419 e. The molecule has 4 rings (SSSR count). The van der Waals surface area contributed by atoms with Crippen molar-refractivity contribution >= 4 is 17.7 Å². The first-order valence-electron chi connectivity index (χ1n) is 10.3. The molecule has 0 N–H and O–H groups in total. The van der Waals surface area contributed by atoms with Crippen LogP contribution in [0.4, 0.5) is 0 Å². The van der Waals surface area contributed by atoms with Gasteiger partial charge in [0.25, 0.3) is 11.8 Å². The van der Waals surface area contributed by atoms with Crippen molar-refractivity contribution in [2.75, 3.05) is 13.6 Å². The summed E-state index contributed by atoms with van der Waals surface area (Å²) in [7, 11) is 1.56. The number of carbonyl (C=O) groups excluding carboxylic acids is 3. The van der Waals surface area contributed by atoms with Crippen molar-refractivity contribution in [1.29, 1.82) is 0 Å². The van der Waals surface area contributed by atoms with Crippen LogP contribution in [0.25, 0.3) is 11.5 Å². The van der Waals surface area contributed by atoms with Gasteiger partial charge in [-0.2, -0.15) is 0 Å². The van der Waals surface area contributed by atoms with E-state index in [1.807, 2.05) is 24.3 Å². The molecule has 1 aliphatic rings. The first kappa shape index (κ1) is 21.4. The van der Waals surface area contributed by atoms with Crippen LogP contribution in [-0.2, 0) is 16.8 Å². The molecule has 0 bridgehead atoms. The van der Waals surface area contributed by atoms with Crippen LogP contribution in [0.3, 0.4) is 0 Å². The van der Waals surface area contributed by atoms with Gasteiger partial charge in [-0.3, -0.25) is 19.3 Å². The monoisotopic (exact) mass is 432 g/mol. The summed E-state index contributed by atoms with van der Waals surface area (Å²) in [5.74, 6) is -0.717. The van der Waals surface area contributed by atoms with Crippen molar-refractivity contribution in [2.24, 2.45) is 0 Å². The zero-order valence-electron chi connectivity index (χ0n) is 18.5. The highest BCUT2D eigenvalue weighted by molar-refractivity contribution is 6.22. The lowest BCUT2D eigenvalue weighted by atomic mass is 9.87. The topological polar surface area (TPSA) is 96.6 Å². The third-order valence-electron chi connectivity index (χ3n) is 5.43. The molecule has 0 atom stereocenters. The number of hydrogen-bond donors (Lipinski definition) is 0. The van der Waals surface area contributed by atoms with Gasteiger partial charge in [0, 0.05) is 12.6 Å². The summed E-state index contributed by atoms with van der Waals surface area (Å²) >= 11 is 0. The van der Waals surface area contributed by atoms with E-state index in [0.717, 1.165) is 10.5 Å². The summed E-state index contributed by atoms with van der Waals surface area (Å²) in [6.07, 6.45) is 0. The summed E-state index contributed by atoms with van der Waals surface area (Å²) in [4.78, 5) is 39.9. The maximum absolute atomic E-state index is 12.6. The number of imide groups is 1. The van der Waals surface area contributed by atoms with Gasteiger partial charge in [0.15, 0.2) is 0 Å². The molecule has 0 unspecified atom stereocenters. The maximum Gasteiger partial charge on any atom is 0.262 e. The summed E-state index contributed by atoms with van der Waals surface area (Å²) in [5, 5.41) is 8.09. The fourth-order valence-corrected chi connectivity index (χ4v) is 3.48. The number of aromatic nitrogens is 2. The normalized spacial score (nSPS) is 13.4. The number of carbonyl (C=O) groups is 3. The predicted octanol–water partition coefficient (Wildman–Crippen LogP) is 3.29. The summed E-state index contributed by atoms with van der Waals surface area (Å²) in [5.41, 5.74) is 2.65. The Labute approximate surface area is 185 Å². The van der Waals surface area contributed by atoms with E-state index in [1.165, 1.54) is 10.5 Å². The Morgan fingerprint density at radius 3 is 2.12 bits per heavy atom. The standard InChI is InChI=1S/C24H24N4O4/c1-24(2,3)16-11-9-15(10-12-16)21-26-25-19(32-21)13-27(4)20(29)14-28-22(30)17-7-5-6-8-18(17)23(28)31/h5-12H,13-14H2,1-4H3. The van der Waals surface area contributed by atoms with Gasteiger partial charge in [0.1, 0.15) is 6.54 Å². The molecule has 0 fully saturated rings. The van der Waals surface area contributed by atoms with E-state index in [9.17, 15) is 14.4 Å². The molecule has 0 aliphatic carbocycles. The van der Waals surface area contributed by atoms with Crippen molar-refractivity contribution < 1.29 is 18.8 Å². The SMILES string of the molecule is CN(Cc1nnc(-c2ccc(C(C)(C)C)cc2)o1)C(=O)CN1C(=O)c2ccccc2C1=O. The van der Waals surface area contributed by atoms with Gasteiger partial charge in [0.2, 0.25) is 17.7 Å². The van der Waals surface area contributed by atoms with Crippen LogP contribution in [0.2, 0.25) is 0 Å². The van der Waals surface area contributed by atoms with E-state index in [-0.39, 0.29) is 24.4 Å². The van der Waals surface area contributed by atoms with Crippen molar-refractivity contribution in [1.82, 2.24) is 20.0 Å². The second-order valence-corrected chi connectivity index (χ2v) is 8.82. The van der Waals surface area contributed by atoms with E-state index < -0.39 is 17.7 Å². The molecule has 2 heterocycles. The molecule has 32 heavy (non-hydrogen) atoms. The highest BCUT2D eigenvalue weighted by atomic mass is 16.4. The van der Waals surface area contributed by atoms with Crippen LogP contribution >= 0.6 is 0 Å². The number of amides is 3. The van der Waals surface area contributed by atoms with Crippen LogP contribution in [-0.4, -0.2) is 51.3 Å². The molecular formula is C24H24N4O4. The largest absolute Gasteiger partial charge is 0.419 e. The zero-order valence-corrected chi connectivity index (χ0v) is 18.5. The fourth-order valence-electron chi connectivity index (χ4n) is 3.48. The number of fused-ring (bicyclic) bond motifs is 1. The Kier molecular flexibility index (Phi) is 5.38. The second-order valence-electron chi connectivity index (χ2n) is 8.82. The lowest BCUT2D eigenvalue weighted by molar-refractivity contribution is -0.131. The summed E-state index contributed by atoms with van der Waals surface area (Å²) in [6.45, 7) is 6.14. The highest BCUT2D eigenvalue weighted by Gasteiger charge is 2.36. The Morgan fingerprint density at radius 2 is 1.56 bits per heavy atom. The Bertz CT molecular complexity index is 1160. The minimum absolute atomic E-state index is 0.0427. The van der Waals surface area contributed by atoms with Crippen molar-refractivity contribution in [3.63, 3.8) is 0 Å². The lowest BCUT2D eigenvalue weighted by Gasteiger charge is -2.19. The lowest BCUT2D eigenvalue weighted by Crippen LogP contribution is -2.41. The summed E-state index contributed by atoms with van der Waals surface area (Å²) < 4.78 is 5.72. The third-order valence-corrected chi connectivity index (χ3v) is 5.43. The van der Waals surface area contributed by atoms with Crippen molar-refractivity contribution in [3.05, 3.63) is 71.1 Å². The van der Waals surface area contributed by atoms with Gasteiger partial charge in [-0.1, -0.05) is 45.0 Å². The molecule has 8 nitrogen and oxygen atoms in total. The molecule has 2 aromatic carbocycles. The van der Waals surface area contributed by atoms with Crippen molar-refractivity contribution in [2.45, 2.75) is 32.7 Å². The van der Waals surface area contributed by atoms with Gasteiger partial charge in [0.05, 0.1) is 17.7 Å². The molecule has 1 aromatic heterocycles. The van der Waals surface area contributed by atoms with Crippen LogP contribution in [0.5, 0.6) is 0 Å². The number of rotatable bonds is 5. The molecule has 0 saturated carbocycles. The highest BCUT2D eigenvalue weighted by Crippen LogP contribution is 2.26. The Hall–Kier alpha value is -3.81. The van der Waals surface area contributed by atoms with E-state index in [1.54, 1.807) is 31.3 Å². The average molecular weight is 432 g/mol. The van der Waals surface area contributed by atoms with E-state index in [4.69, 9.17) is 4.42 Å². The molecular weight excluding hydrogens is 408 g/mol. The molecule has 3 amide bonds. The molecule has 8 heteroatoms. The Morgan fingerprint density at radius 1 is 0.969 bits per heavy atom. The number of benzene rings is 2.